The van der Waals surface area contributed by atoms with Crippen molar-refractivity contribution in [2.45, 2.75) is 19.9 Å². The van der Waals surface area contributed by atoms with Crippen molar-refractivity contribution in [1.82, 2.24) is 29.7 Å². The van der Waals surface area contributed by atoms with Crippen LogP contribution >= 0.6 is 11.6 Å². The molecule has 2 atom stereocenters. The first-order valence-corrected chi connectivity index (χ1v) is 6.12. The summed E-state index contributed by atoms with van der Waals surface area (Å²) in [7, 11) is 0. The van der Waals surface area contributed by atoms with Crippen molar-refractivity contribution < 1.29 is 5.11 Å². The normalized spacial score (nSPS) is 14.1. The van der Waals surface area contributed by atoms with Crippen molar-refractivity contribution in [3.8, 4) is 5.95 Å². The smallest absolute Gasteiger partial charge is 0.258 e. The van der Waals surface area contributed by atoms with Gasteiger partial charge < -0.3 is 10.4 Å². The van der Waals surface area contributed by atoms with Gasteiger partial charge in [0, 0.05) is 12.6 Å². The second-order valence-electron chi connectivity index (χ2n) is 4.16. The highest BCUT2D eigenvalue weighted by Gasteiger charge is 2.14. The lowest BCUT2D eigenvalue weighted by Gasteiger charge is -2.19. The lowest BCUT2D eigenvalue weighted by Crippen LogP contribution is -2.27. The van der Waals surface area contributed by atoms with Crippen LogP contribution in [0.15, 0.2) is 12.7 Å². The monoisotopic (exact) mass is 283 g/mol. The molecule has 9 heteroatoms. The maximum Gasteiger partial charge on any atom is 0.258 e. The van der Waals surface area contributed by atoms with Gasteiger partial charge in [-0.05, 0) is 24.4 Å². The maximum absolute atomic E-state index is 9.10. The fourth-order valence-corrected chi connectivity index (χ4v) is 1.48. The second-order valence-corrected chi connectivity index (χ2v) is 4.50. The zero-order valence-electron chi connectivity index (χ0n) is 10.5. The van der Waals surface area contributed by atoms with E-state index in [1.54, 1.807) is 0 Å². The van der Waals surface area contributed by atoms with Crippen LogP contribution in [-0.2, 0) is 0 Å². The number of nitrogens with zero attached hydrogens (tertiary/aromatic N) is 6. The van der Waals surface area contributed by atoms with Crippen LogP contribution in [0.5, 0.6) is 0 Å². The molecule has 2 N–H and O–H groups in total. The van der Waals surface area contributed by atoms with Gasteiger partial charge in [0.2, 0.25) is 11.2 Å². The van der Waals surface area contributed by atoms with E-state index in [1.165, 1.54) is 17.3 Å². The Hall–Kier alpha value is -1.80. The van der Waals surface area contributed by atoms with Crippen LogP contribution in [0.3, 0.4) is 0 Å². The van der Waals surface area contributed by atoms with Gasteiger partial charge in [-0.1, -0.05) is 6.92 Å². The predicted octanol–water partition coefficient (Wildman–Crippen LogP) is 0.534. The number of anilines is 1. The summed E-state index contributed by atoms with van der Waals surface area (Å²) < 4.78 is 1.39. The largest absolute Gasteiger partial charge is 0.396 e. The first-order chi connectivity index (χ1) is 9.10. The molecular weight excluding hydrogens is 270 g/mol. The number of aromatic nitrogens is 6. The molecule has 0 spiro atoms. The summed E-state index contributed by atoms with van der Waals surface area (Å²) in [6.07, 6.45) is 2.84. The fraction of sp³-hybridized carbons (Fsp3) is 0.500. The summed E-state index contributed by atoms with van der Waals surface area (Å²) >= 11 is 5.85. The first kappa shape index (κ1) is 13.6. The van der Waals surface area contributed by atoms with Crippen molar-refractivity contribution >= 4 is 17.5 Å². The van der Waals surface area contributed by atoms with E-state index in [0.717, 1.165) is 0 Å². The average Bonchev–Trinajstić information content (AvgIpc) is 2.90. The molecule has 0 saturated heterocycles. The Balaban J connectivity index is 2.22. The molecule has 2 rings (SSSR count). The quantitative estimate of drug-likeness (QED) is 0.825. The molecule has 0 aromatic carbocycles. The van der Waals surface area contributed by atoms with Gasteiger partial charge in [0.05, 0.1) is 0 Å². The fourth-order valence-electron chi connectivity index (χ4n) is 1.32. The van der Waals surface area contributed by atoms with Gasteiger partial charge in [-0.3, -0.25) is 0 Å². The topological polar surface area (TPSA) is 102 Å². The van der Waals surface area contributed by atoms with E-state index in [0.29, 0.717) is 5.95 Å². The molecule has 2 aromatic rings. The van der Waals surface area contributed by atoms with Crippen LogP contribution in [0.1, 0.15) is 13.8 Å². The Kier molecular flexibility index (Phi) is 4.23. The second kappa shape index (κ2) is 5.89. The van der Waals surface area contributed by atoms with Gasteiger partial charge in [-0.15, -0.1) is 0 Å². The summed E-state index contributed by atoms with van der Waals surface area (Å²) in [5.74, 6) is 0.674. The first-order valence-electron chi connectivity index (χ1n) is 5.74. The number of aliphatic hydroxyl groups excluding tert-OH is 1. The Morgan fingerprint density at radius 2 is 2.16 bits per heavy atom. The van der Waals surface area contributed by atoms with E-state index in [2.05, 4.69) is 30.4 Å². The van der Waals surface area contributed by atoms with Crippen LogP contribution in [0.4, 0.5) is 5.95 Å². The summed E-state index contributed by atoms with van der Waals surface area (Å²) in [6, 6.07) is -0.00735. The molecule has 0 bridgehead atoms. The van der Waals surface area contributed by atoms with Crippen LogP contribution in [0.2, 0.25) is 5.28 Å². The summed E-state index contributed by atoms with van der Waals surface area (Å²) in [6.45, 7) is 3.91. The van der Waals surface area contributed by atoms with E-state index in [1.807, 2.05) is 13.8 Å². The standard InChI is InChI=1S/C10H14ClN7O/c1-6(3-19)7(2)14-9-15-8(11)16-10(17-9)18-5-12-4-13-18/h4-7,19H,3H2,1-2H3,(H,14,15,16,17). The van der Waals surface area contributed by atoms with Crippen molar-refractivity contribution in [3.63, 3.8) is 0 Å². The summed E-state index contributed by atoms with van der Waals surface area (Å²) in [5.41, 5.74) is 0. The Bertz CT molecular complexity index is 533. The summed E-state index contributed by atoms with van der Waals surface area (Å²) in [4.78, 5) is 16.0. The summed E-state index contributed by atoms with van der Waals surface area (Å²) in [5, 5.41) is 16.2. The highest BCUT2D eigenvalue weighted by Crippen LogP contribution is 2.12. The average molecular weight is 284 g/mol. The molecule has 0 radical (unpaired) electrons. The number of aliphatic hydroxyl groups is 1. The molecule has 8 nitrogen and oxygen atoms in total. The van der Waals surface area contributed by atoms with Crippen LogP contribution in [0, 0.1) is 5.92 Å². The van der Waals surface area contributed by atoms with E-state index in [-0.39, 0.29) is 29.8 Å². The van der Waals surface area contributed by atoms with E-state index >= 15 is 0 Å². The molecule has 0 aliphatic rings. The molecular formula is C10H14ClN7O. The molecule has 0 amide bonds. The Morgan fingerprint density at radius 1 is 1.37 bits per heavy atom. The van der Waals surface area contributed by atoms with Crippen molar-refractivity contribution in [2.75, 3.05) is 11.9 Å². The third kappa shape index (κ3) is 3.36. The van der Waals surface area contributed by atoms with Crippen molar-refractivity contribution in [1.29, 1.82) is 0 Å². The highest BCUT2D eigenvalue weighted by atomic mass is 35.5. The lowest BCUT2D eigenvalue weighted by molar-refractivity contribution is 0.226. The molecule has 0 fully saturated rings. The van der Waals surface area contributed by atoms with Gasteiger partial charge in [-0.25, -0.2) is 4.98 Å². The third-order valence-electron chi connectivity index (χ3n) is 2.72. The molecule has 102 valence electrons. The third-order valence-corrected chi connectivity index (χ3v) is 2.89. The minimum Gasteiger partial charge on any atom is -0.396 e. The Labute approximate surface area is 114 Å². The van der Waals surface area contributed by atoms with E-state index < -0.39 is 0 Å². The molecule has 19 heavy (non-hydrogen) atoms. The molecule has 2 aromatic heterocycles. The highest BCUT2D eigenvalue weighted by molar-refractivity contribution is 6.28. The zero-order chi connectivity index (χ0) is 13.8. The van der Waals surface area contributed by atoms with Gasteiger partial charge in [-0.2, -0.15) is 24.7 Å². The predicted molar refractivity (Wildman–Crippen MR) is 69.1 cm³/mol. The molecule has 0 saturated carbocycles. The van der Waals surface area contributed by atoms with E-state index in [9.17, 15) is 0 Å². The zero-order valence-corrected chi connectivity index (χ0v) is 11.3. The minimum atomic E-state index is -0.00735. The van der Waals surface area contributed by atoms with Gasteiger partial charge >= 0.3 is 0 Å². The van der Waals surface area contributed by atoms with Crippen LogP contribution in [0.25, 0.3) is 5.95 Å². The van der Waals surface area contributed by atoms with Gasteiger partial charge in [0.1, 0.15) is 12.7 Å². The number of hydrogen-bond donors (Lipinski definition) is 2. The lowest BCUT2D eigenvalue weighted by atomic mass is 10.1. The number of rotatable bonds is 5. The van der Waals surface area contributed by atoms with Crippen molar-refractivity contribution in [3.05, 3.63) is 17.9 Å². The molecule has 2 heterocycles. The number of nitrogens with one attached hydrogen (secondary N) is 1. The number of hydrogen-bond acceptors (Lipinski definition) is 7. The van der Waals surface area contributed by atoms with Crippen LogP contribution < -0.4 is 5.32 Å². The number of halogens is 1. The van der Waals surface area contributed by atoms with Crippen LogP contribution in [-0.4, -0.2) is 47.5 Å². The molecule has 0 aliphatic carbocycles. The maximum atomic E-state index is 9.10. The SMILES string of the molecule is CC(CO)C(C)Nc1nc(Cl)nc(-n2cncn2)n1. The minimum absolute atomic E-state index is 0.00735. The van der Waals surface area contributed by atoms with E-state index in [4.69, 9.17) is 16.7 Å². The van der Waals surface area contributed by atoms with Gasteiger partial charge in [0.15, 0.2) is 0 Å². The van der Waals surface area contributed by atoms with Gasteiger partial charge in [0.25, 0.3) is 5.95 Å². The molecule has 2 unspecified atom stereocenters. The Morgan fingerprint density at radius 3 is 2.79 bits per heavy atom. The van der Waals surface area contributed by atoms with Crippen molar-refractivity contribution in [2.24, 2.45) is 5.92 Å². The molecule has 0 aliphatic heterocycles.